The van der Waals surface area contributed by atoms with Gasteiger partial charge in [0.15, 0.2) is 0 Å². The number of anilines is 1. The second-order valence-electron chi connectivity index (χ2n) is 8.43. The van der Waals surface area contributed by atoms with Gasteiger partial charge in [0.25, 0.3) is 5.91 Å². The summed E-state index contributed by atoms with van der Waals surface area (Å²) in [6.45, 7) is 4.62. The van der Waals surface area contributed by atoms with Gasteiger partial charge in [-0.05, 0) is 61.1 Å². The van der Waals surface area contributed by atoms with Crippen molar-refractivity contribution in [1.29, 1.82) is 0 Å². The van der Waals surface area contributed by atoms with Gasteiger partial charge in [-0.2, -0.15) is 4.31 Å². The van der Waals surface area contributed by atoms with E-state index in [1.807, 2.05) is 12.1 Å². The third-order valence-corrected chi connectivity index (χ3v) is 8.33. The van der Waals surface area contributed by atoms with Gasteiger partial charge in [-0.25, -0.2) is 12.8 Å². The summed E-state index contributed by atoms with van der Waals surface area (Å²) >= 11 is 1.05. The summed E-state index contributed by atoms with van der Waals surface area (Å²) in [5.41, 5.74) is 1.41. The third kappa shape index (κ3) is 5.29. The number of nitrogens with zero attached hydrogens (tertiary/aromatic N) is 3. The maximum absolute atomic E-state index is 13.4. The Balaban J connectivity index is 1.51. The van der Waals surface area contributed by atoms with E-state index in [0.717, 1.165) is 23.3 Å². The van der Waals surface area contributed by atoms with Crippen LogP contribution in [0.3, 0.4) is 0 Å². The third-order valence-electron chi connectivity index (χ3n) is 5.38. The van der Waals surface area contributed by atoms with Crippen molar-refractivity contribution in [3.05, 3.63) is 69.9 Å². The highest BCUT2D eigenvalue weighted by molar-refractivity contribution is 7.89. The normalized spacial score (nSPS) is 16.9. The van der Waals surface area contributed by atoms with Crippen LogP contribution in [0.4, 0.5) is 10.1 Å². The minimum atomic E-state index is -3.72. The standard InChI is InChI=1S/C23H25FN4O3S2/c1-15(2)13-16-8-10-19(11-9-16)33(30,31)28-12-4-7-20(28)22-26-27-23(32-22)21(29)25-18-6-3-5-17(24)14-18/h3,5-6,8-11,14-15,20H,4,7,12-13H2,1-2H3,(H,25,29)/t20-/m1/s1. The molecule has 2 aromatic carbocycles. The molecular weight excluding hydrogens is 463 g/mol. The van der Waals surface area contributed by atoms with Crippen molar-refractivity contribution in [2.24, 2.45) is 5.92 Å². The van der Waals surface area contributed by atoms with Gasteiger partial charge in [-0.1, -0.05) is 43.4 Å². The molecule has 0 aliphatic carbocycles. The lowest BCUT2D eigenvalue weighted by molar-refractivity contribution is 0.102. The van der Waals surface area contributed by atoms with Crippen LogP contribution in [-0.2, 0) is 16.4 Å². The van der Waals surface area contributed by atoms with Gasteiger partial charge in [0.05, 0.1) is 10.9 Å². The molecule has 1 saturated heterocycles. The van der Waals surface area contributed by atoms with E-state index < -0.39 is 27.8 Å². The zero-order valence-corrected chi connectivity index (χ0v) is 20.0. The van der Waals surface area contributed by atoms with Crippen LogP contribution < -0.4 is 5.32 Å². The van der Waals surface area contributed by atoms with Crippen molar-refractivity contribution in [2.75, 3.05) is 11.9 Å². The molecule has 7 nitrogen and oxygen atoms in total. The summed E-state index contributed by atoms with van der Waals surface area (Å²) in [6.07, 6.45) is 2.18. The average molecular weight is 489 g/mol. The first kappa shape index (κ1) is 23.5. The van der Waals surface area contributed by atoms with Crippen LogP contribution in [0.25, 0.3) is 0 Å². The molecule has 1 aliphatic heterocycles. The zero-order valence-electron chi connectivity index (χ0n) is 18.4. The lowest BCUT2D eigenvalue weighted by Gasteiger charge is -2.22. The molecule has 0 radical (unpaired) electrons. The minimum absolute atomic E-state index is 0.0940. The number of aromatic nitrogens is 2. The monoisotopic (exact) mass is 488 g/mol. The number of nitrogens with one attached hydrogen (secondary N) is 1. The van der Waals surface area contributed by atoms with Crippen LogP contribution in [-0.4, -0.2) is 35.4 Å². The van der Waals surface area contributed by atoms with Crippen molar-refractivity contribution in [1.82, 2.24) is 14.5 Å². The van der Waals surface area contributed by atoms with Gasteiger partial charge in [0.1, 0.15) is 10.8 Å². The Labute approximate surface area is 196 Å². The fraction of sp³-hybridized carbons (Fsp3) is 0.348. The molecule has 1 N–H and O–H groups in total. The molecule has 4 rings (SSSR count). The van der Waals surface area contributed by atoms with E-state index in [1.165, 1.54) is 22.5 Å². The van der Waals surface area contributed by atoms with E-state index in [9.17, 15) is 17.6 Å². The van der Waals surface area contributed by atoms with E-state index in [2.05, 4.69) is 29.4 Å². The molecule has 10 heteroatoms. The first-order valence-electron chi connectivity index (χ1n) is 10.7. The quantitative estimate of drug-likeness (QED) is 0.522. The maximum atomic E-state index is 13.4. The van der Waals surface area contributed by atoms with Crippen molar-refractivity contribution >= 4 is 33.0 Å². The van der Waals surface area contributed by atoms with Crippen LogP contribution in [0.1, 0.15) is 53.1 Å². The van der Waals surface area contributed by atoms with E-state index in [0.29, 0.717) is 36.0 Å². The summed E-state index contributed by atoms with van der Waals surface area (Å²) in [5, 5.41) is 11.2. The molecule has 0 bridgehead atoms. The highest BCUT2D eigenvalue weighted by Gasteiger charge is 2.38. The molecule has 1 aliphatic rings. The number of hydrogen-bond donors (Lipinski definition) is 1. The number of hydrogen-bond acceptors (Lipinski definition) is 6. The summed E-state index contributed by atoms with van der Waals surface area (Å²) in [5.74, 6) is -0.493. The first-order valence-corrected chi connectivity index (χ1v) is 13.0. The zero-order chi connectivity index (χ0) is 23.6. The van der Waals surface area contributed by atoms with E-state index in [4.69, 9.17) is 0 Å². The average Bonchev–Trinajstić information content (AvgIpc) is 3.44. The number of halogens is 1. The molecule has 0 spiro atoms. The molecule has 33 heavy (non-hydrogen) atoms. The van der Waals surface area contributed by atoms with Gasteiger partial charge in [0.2, 0.25) is 15.0 Å². The largest absolute Gasteiger partial charge is 0.320 e. The Bertz CT molecular complexity index is 1240. The second kappa shape index (κ2) is 9.66. The van der Waals surface area contributed by atoms with Crippen molar-refractivity contribution in [3.8, 4) is 0 Å². The Morgan fingerprint density at radius 3 is 2.67 bits per heavy atom. The van der Waals surface area contributed by atoms with Gasteiger partial charge < -0.3 is 5.32 Å². The molecule has 174 valence electrons. The lowest BCUT2D eigenvalue weighted by atomic mass is 10.0. The van der Waals surface area contributed by atoms with Crippen LogP contribution in [0.15, 0.2) is 53.4 Å². The van der Waals surface area contributed by atoms with Crippen LogP contribution in [0, 0.1) is 11.7 Å². The Kier molecular flexibility index (Phi) is 6.87. The van der Waals surface area contributed by atoms with Gasteiger partial charge in [-0.15, -0.1) is 10.2 Å². The van der Waals surface area contributed by atoms with Crippen molar-refractivity contribution in [3.63, 3.8) is 0 Å². The van der Waals surface area contributed by atoms with E-state index >= 15 is 0 Å². The van der Waals surface area contributed by atoms with Crippen LogP contribution in [0.2, 0.25) is 0 Å². The first-order chi connectivity index (χ1) is 15.7. The van der Waals surface area contributed by atoms with Gasteiger partial charge in [0, 0.05) is 12.2 Å². The Morgan fingerprint density at radius 2 is 1.97 bits per heavy atom. The van der Waals surface area contributed by atoms with Crippen LogP contribution >= 0.6 is 11.3 Å². The number of carbonyl (C=O) groups excluding carboxylic acids is 1. The fourth-order valence-corrected chi connectivity index (χ4v) is 6.50. The smallest absolute Gasteiger partial charge is 0.286 e. The van der Waals surface area contributed by atoms with E-state index in [1.54, 1.807) is 18.2 Å². The molecule has 2 heterocycles. The predicted octanol–water partition coefficient (Wildman–Crippen LogP) is 4.65. The maximum Gasteiger partial charge on any atom is 0.286 e. The molecule has 0 unspecified atom stereocenters. The second-order valence-corrected chi connectivity index (χ2v) is 11.3. The van der Waals surface area contributed by atoms with Crippen molar-refractivity contribution < 1.29 is 17.6 Å². The summed E-state index contributed by atoms with van der Waals surface area (Å²) in [7, 11) is -3.72. The van der Waals surface area contributed by atoms with Crippen molar-refractivity contribution in [2.45, 2.75) is 44.0 Å². The molecule has 0 saturated carbocycles. The van der Waals surface area contributed by atoms with Gasteiger partial charge >= 0.3 is 0 Å². The minimum Gasteiger partial charge on any atom is -0.320 e. The molecule has 1 fully saturated rings. The highest BCUT2D eigenvalue weighted by atomic mass is 32.2. The summed E-state index contributed by atoms with van der Waals surface area (Å²) in [4.78, 5) is 12.8. The molecule has 1 atom stereocenters. The molecule has 3 aromatic rings. The molecule has 1 amide bonds. The SMILES string of the molecule is CC(C)Cc1ccc(S(=O)(=O)N2CCC[C@@H]2c2nnc(C(=O)Nc3cccc(F)c3)s2)cc1. The Morgan fingerprint density at radius 1 is 1.21 bits per heavy atom. The highest BCUT2D eigenvalue weighted by Crippen LogP contribution is 2.38. The number of amides is 1. The van der Waals surface area contributed by atoms with Gasteiger partial charge in [-0.3, -0.25) is 4.79 Å². The van der Waals surface area contributed by atoms with Crippen LogP contribution in [0.5, 0.6) is 0 Å². The van der Waals surface area contributed by atoms with E-state index in [-0.39, 0.29) is 9.90 Å². The molecule has 1 aromatic heterocycles. The molecular formula is C23H25FN4O3S2. The summed E-state index contributed by atoms with van der Waals surface area (Å²) in [6, 6.07) is 12.1. The lowest BCUT2D eigenvalue weighted by Crippen LogP contribution is -2.30. The Hall–Kier alpha value is -2.69. The number of rotatable bonds is 7. The number of carbonyl (C=O) groups is 1. The fourth-order valence-electron chi connectivity index (χ4n) is 3.89. The topological polar surface area (TPSA) is 92.3 Å². The summed E-state index contributed by atoms with van der Waals surface area (Å²) < 4.78 is 41.5. The predicted molar refractivity (Wildman–Crippen MR) is 125 cm³/mol. The number of sulfonamides is 1. The number of benzene rings is 2.